The summed E-state index contributed by atoms with van der Waals surface area (Å²) in [5.41, 5.74) is 0.938. The van der Waals surface area contributed by atoms with Gasteiger partial charge in [-0.2, -0.15) is 11.8 Å². The van der Waals surface area contributed by atoms with E-state index in [1.807, 2.05) is 6.26 Å². The molecular weight excluding hydrogens is 149 g/mol. The summed E-state index contributed by atoms with van der Waals surface area (Å²) in [6.45, 7) is 0. The first kappa shape index (κ1) is 7.54. The maximum absolute atomic E-state index is 12.4. The van der Waals surface area contributed by atoms with Gasteiger partial charge in [0.1, 0.15) is 5.82 Å². The van der Waals surface area contributed by atoms with Crippen LogP contribution in [0.5, 0.6) is 0 Å². The molecule has 0 unspecified atom stereocenters. The molecule has 0 saturated heterocycles. The van der Waals surface area contributed by atoms with E-state index in [2.05, 4.69) is 4.98 Å². The number of halogens is 1. The van der Waals surface area contributed by atoms with E-state index in [-0.39, 0.29) is 5.82 Å². The summed E-state index contributed by atoms with van der Waals surface area (Å²) in [5, 5.41) is 0. The molecule has 0 bridgehead atoms. The molecule has 0 spiro atoms. The second kappa shape index (κ2) is 3.56. The van der Waals surface area contributed by atoms with Crippen LogP contribution >= 0.6 is 11.8 Å². The van der Waals surface area contributed by atoms with Crippen molar-refractivity contribution in [3.63, 3.8) is 0 Å². The Morgan fingerprint density at radius 1 is 1.60 bits per heavy atom. The fourth-order valence-corrected chi connectivity index (χ4v) is 1.19. The Morgan fingerprint density at radius 3 is 3.00 bits per heavy atom. The van der Waals surface area contributed by atoms with Crippen LogP contribution in [0.1, 0.15) is 5.56 Å². The van der Waals surface area contributed by atoms with Crippen LogP contribution in [0.15, 0.2) is 18.5 Å². The van der Waals surface area contributed by atoms with E-state index < -0.39 is 0 Å². The molecule has 54 valence electrons. The van der Waals surface area contributed by atoms with Gasteiger partial charge in [0.25, 0.3) is 0 Å². The van der Waals surface area contributed by atoms with Crippen molar-refractivity contribution in [3.05, 3.63) is 29.8 Å². The summed E-state index contributed by atoms with van der Waals surface area (Å²) in [5.74, 6) is 0.566. The molecule has 0 fully saturated rings. The number of hydrogen-bond donors (Lipinski definition) is 0. The fraction of sp³-hybridized carbons (Fsp3) is 0.286. The Kier molecular flexibility index (Phi) is 2.68. The molecule has 1 aromatic rings. The highest BCUT2D eigenvalue weighted by atomic mass is 32.2. The van der Waals surface area contributed by atoms with Gasteiger partial charge in [-0.05, 0) is 17.9 Å². The lowest BCUT2D eigenvalue weighted by molar-refractivity contribution is 0.619. The van der Waals surface area contributed by atoms with E-state index in [4.69, 9.17) is 0 Å². The van der Waals surface area contributed by atoms with Gasteiger partial charge < -0.3 is 0 Å². The normalized spacial score (nSPS) is 9.80. The van der Waals surface area contributed by atoms with Crippen LogP contribution in [-0.2, 0) is 5.75 Å². The van der Waals surface area contributed by atoms with Crippen LogP contribution in [0, 0.1) is 5.82 Å². The third kappa shape index (κ3) is 1.99. The van der Waals surface area contributed by atoms with E-state index in [1.54, 1.807) is 18.0 Å². The largest absolute Gasteiger partial charge is 0.261 e. The molecule has 1 rings (SSSR count). The number of aromatic nitrogens is 1. The van der Waals surface area contributed by atoms with Crippen LogP contribution < -0.4 is 0 Å². The number of pyridine rings is 1. The summed E-state index contributed by atoms with van der Waals surface area (Å²) in [4.78, 5) is 3.71. The van der Waals surface area contributed by atoms with Crippen LogP contribution in [-0.4, -0.2) is 11.2 Å². The molecule has 0 radical (unpaired) electrons. The third-order valence-electron chi connectivity index (χ3n) is 1.07. The zero-order valence-corrected chi connectivity index (χ0v) is 6.49. The van der Waals surface area contributed by atoms with E-state index in [0.717, 1.165) is 11.3 Å². The van der Waals surface area contributed by atoms with Gasteiger partial charge in [0.05, 0.1) is 6.20 Å². The van der Waals surface area contributed by atoms with Crippen LogP contribution in [0.3, 0.4) is 0 Å². The monoisotopic (exact) mass is 157 g/mol. The number of thioether (sulfide) groups is 1. The standard InChI is InChI=1S/C7H8FNS/c1-10-5-6-2-7(8)4-9-3-6/h2-4H,5H2,1H3. The Balaban J connectivity index is 2.75. The molecule has 1 nitrogen and oxygen atoms in total. The first-order chi connectivity index (χ1) is 4.83. The molecule has 0 aliphatic rings. The van der Waals surface area contributed by atoms with Crippen molar-refractivity contribution < 1.29 is 4.39 Å². The van der Waals surface area contributed by atoms with Gasteiger partial charge in [0.15, 0.2) is 0 Å². The van der Waals surface area contributed by atoms with Crippen molar-refractivity contribution in [2.24, 2.45) is 0 Å². The van der Waals surface area contributed by atoms with Gasteiger partial charge >= 0.3 is 0 Å². The highest BCUT2D eigenvalue weighted by Gasteiger charge is 1.92. The summed E-state index contributed by atoms with van der Waals surface area (Å²) >= 11 is 1.66. The number of nitrogens with zero attached hydrogens (tertiary/aromatic N) is 1. The van der Waals surface area contributed by atoms with Crippen molar-refractivity contribution in [1.82, 2.24) is 4.98 Å². The highest BCUT2D eigenvalue weighted by molar-refractivity contribution is 7.97. The van der Waals surface area contributed by atoms with E-state index in [1.165, 1.54) is 12.3 Å². The van der Waals surface area contributed by atoms with Crippen molar-refractivity contribution in [3.8, 4) is 0 Å². The van der Waals surface area contributed by atoms with E-state index in [9.17, 15) is 4.39 Å². The summed E-state index contributed by atoms with van der Waals surface area (Å²) in [7, 11) is 0. The molecule has 0 aromatic carbocycles. The molecule has 0 aliphatic carbocycles. The van der Waals surface area contributed by atoms with Gasteiger partial charge in [-0.25, -0.2) is 4.39 Å². The van der Waals surface area contributed by atoms with Gasteiger partial charge in [-0.1, -0.05) is 0 Å². The lowest BCUT2D eigenvalue weighted by Gasteiger charge is -1.95. The molecule has 1 aromatic heterocycles. The van der Waals surface area contributed by atoms with Crippen molar-refractivity contribution in [1.29, 1.82) is 0 Å². The van der Waals surface area contributed by atoms with Gasteiger partial charge in [0, 0.05) is 11.9 Å². The molecule has 0 aliphatic heterocycles. The first-order valence-electron chi connectivity index (χ1n) is 2.91. The molecular formula is C7H8FNS. The minimum Gasteiger partial charge on any atom is -0.261 e. The summed E-state index contributed by atoms with van der Waals surface area (Å²) in [6, 6.07) is 1.50. The number of rotatable bonds is 2. The van der Waals surface area contributed by atoms with Gasteiger partial charge in [-0.15, -0.1) is 0 Å². The molecule has 3 heteroatoms. The molecule has 0 amide bonds. The summed E-state index contributed by atoms with van der Waals surface area (Å²) in [6.07, 6.45) is 4.87. The first-order valence-corrected chi connectivity index (χ1v) is 4.30. The van der Waals surface area contributed by atoms with Crippen molar-refractivity contribution >= 4 is 11.8 Å². The minimum atomic E-state index is -0.258. The zero-order valence-electron chi connectivity index (χ0n) is 5.67. The maximum Gasteiger partial charge on any atom is 0.141 e. The predicted octanol–water partition coefficient (Wildman–Crippen LogP) is 2.08. The second-order valence-corrected chi connectivity index (χ2v) is 2.81. The van der Waals surface area contributed by atoms with Crippen molar-refractivity contribution in [2.75, 3.05) is 6.26 Å². The second-order valence-electron chi connectivity index (χ2n) is 1.94. The van der Waals surface area contributed by atoms with Gasteiger partial charge in [-0.3, -0.25) is 4.98 Å². The summed E-state index contributed by atoms with van der Waals surface area (Å²) < 4.78 is 12.4. The van der Waals surface area contributed by atoms with Crippen LogP contribution in [0.2, 0.25) is 0 Å². The highest BCUT2D eigenvalue weighted by Crippen LogP contribution is 2.07. The molecule has 0 saturated carbocycles. The average Bonchev–Trinajstić information content (AvgIpc) is 1.88. The topological polar surface area (TPSA) is 12.9 Å². The van der Waals surface area contributed by atoms with Crippen LogP contribution in [0.25, 0.3) is 0 Å². The Hall–Kier alpha value is -0.570. The lowest BCUT2D eigenvalue weighted by Crippen LogP contribution is -1.83. The molecule has 1 heterocycles. The van der Waals surface area contributed by atoms with Crippen molar-refractivity contribution in [2.45, 2.75) is 5.75 Å². The zero-order chi connectivity index (χ0) is 7.40. The maximum atomic E-state index is 12.4. The fourth-order valence-electron chi connectivity index (χ4n) is 0.701. The minimum absolute atomic E-state index is 0.258. The van der Waals surface area contributed by atoms with E-state index >= 15 is 0 Å². The smallest absolute Gasteiger partial charge is 0.141 e. The van der Waals surface area contributed by atoms with Gasteiger partial charge in [0.2, 0.25) is 0 Å². The Bertz CT molecular complexity index is 215. The van der Waals surface area contributed by atoms with Crippen LogP contribution in [0.4, 0.5) is 4.39 Å². The van der Waals surface area contributed by atoms with E-state index in [0.29, 0.717) is 0 Å². The lowest BCUT2D eigenvalue weighted by atomic mass is 10.3. The SMILES string of the molecule is CSCc1cncc(F)c1. The quantitative estimate of drug-likeness (QED) is 0.652. The average molecular weight is 157 g/mol. The number of hydrogen-bond acceptors (Lipinski definition) is 2. The predicted molar refractivity (Wildman–Crippen MR) is 41.4 cm³/mol. The molecule has 0 atom stereocenters. The Labute approximate surface area is 63.7 Å². The molecule has 10 heavy (non-hydrogen) atoms. The molecule has 0 N–H and O–H groups in total. The Morgan fingerprint density at radius 2 is 2.40 bits per heavy atom. The third-order valence-corrected chi connectivity index (χ3v) is 1.69.